The highest BCUT2D eigenvalue weighted by Crippen LogP contribution is 2.28. The Morgan fingerprint density at radius 2 is 1.44 bits per heavy atom. The van der Waals surface area contributed by atoms with Gasteiger partial charge in [0.2, 0.25) is 0 Å². The summed E-state index contributed by atoms with van der Waals surface area (Å²) in [5.74, 6) is -0.518. The smallest absolute Gasteiger partial charge is 0.300 e. The molecule has 1 aromatic heterocycles. The summed E-state index contributed by atoms with van der Waals surface area (Å²) in [5, 5.41) is 0. The maximum atomic E-state index is 12.5. The Labute approximate surface area is 186 Å². The van der Waals surface area contributed by atoms with E-state index in [1.807, 2.05) is 59.3 Å². The summed E-state index contributed by atoms with van der Waals surface area (Å²) in [6.07, 6.45) is 0. The fraction of sp³-hybridized carbons (Fsp3) is 0.0800. The lowest BCUT2D eigenvalue weighted by Crippen LogP contribution is -2.30. The van der Waals surface area contributed by atoms with Crippen LogP contribution in [-0.2, 0) is 10.0 Å². The predicted molar refractivity (Wildman–Crippen MR) is 122 cm³/mol. The third kappa shape index (κ3) is 4.49. The van der Waals surface area contributed by atoms with Gasteiger partial charge in [-0.2, -0.15) is 0 Å². The molecule has 0 saturated heterocycles. The highest BCUT2D eigenvalue weighted by atomic mass is 32.2. The van der Waals surface area contributed by atoms with Crippen LogP contribution in [0.3, 0.4) is 0 Å². The quantitative estimate of drug-likeness (QED) is 0.456. The fourth-order valence-electron chi connectivity index (χ4n) is 3.44. The molecule has 0 fully saturated rings. The van der Waals surface area contributed by atoms with Crippen LogP contribution in [0.15, 0.2) is 100 Å². The zero-order chi connectivity index (χ0) is 22.7. The topological polar surface area (TPSA) is 102 Å². The molecular weight excluding hydrogens is 424 g/mol. The molecule has 6 nitrogen and oxygen atoms in total. The third-order valence-corrected chi connectivity index (χ3v) is 6.52. The van der Waals surface area contributed by atoms with Crippen LogP contribution in [-0.4, -0.2) is 14.3 Å². The average Bonchev–Trinajstić information content (AvgIpc) is 3.21. The third-order valence-electron chi connectivity index (χ3n) is 5.17. The van der Waals surface area contributed by atoms with Crippen LogP contribution in [0.4, 0.5) is 0 Å². The van der Waals surface area contributed by atoms with Crippen molar-refractivity contribution in [2.24, 2.45) is 5.73 Å². The van der Waals surface area contributed by atoms with E-state index >= 15 is 0 Å². The van der Waals surface area contributed by atoms with Gasteiger partial charge in [-0.05, 0) is 41.8 Å². The number of hydrogen-bond acceptors (Lipinski definition) is 5. The van der Waals surface area contributed by atoms with E-state index in [4.69, 9.17) is 10.2 Å². The van der Waals surface area contributed by atoms with Gasteiger partial charge in [0.15, 0.2) is 5.76 Å². The number of nitrogens with two attached hydrogens (primary N) is 1. The SMILES string of the molecule is Cc1oc(C(=O)NS(=O)(=O)c2ccccc2)cc1C(N)c1ccc(-c2ccccc2)cc1. The number of aryl methyl sites for hydroxylation is 1. The van der Waals surface area contributed by atoms with E-state index in [2.05, 4.69) is 0 Å². The molecule has 3 aromatic carbocycles. The van der Waals surface area contributed by atoms with Crippen molar-refractivity contribution < 1.29 is 17.6 Å². The fourth-order valence-corrected chi connectivity index (χ4v) is 4.42. The van der Waals surface area contributed by atoms with Crippen LogP contribution >= 0.6 is 0 Å². The number of sulfonamides is 1. The molecular formula is C25H22N2O4S. The molecule has 3 N–H and O–H groups in total. The molecule has 1 unspecified atom stereocenters. The molecule has 0 spiro atoms. The number of carbonyl (C=O) groups excluding carboxylic acids is 1. The molecule has 4 rings (SSSR count). The standard InChI is InChI=1S/C25H22N2O4S/c1-17-22(24(26)20-14-12-19(13-15-20)18-8-4-2-5-9-18)16-23(31-17)25(28)27-32(29,30)21-10-6-3-7-11-21/h2-16,24H,26H2,1H3,(H,27,28). The molecule has 0 bridgehead atoms. The summed E-state index contributed by atoms with van der Waals surface area (Å²) >= 11 is 0. The number of furan rings is 1. The van der Waals surface area contributed by atoms with E-state index in [1.165, 1.54) is 18.2 Å². The van der Waals surface area contributed by atoms with Gasteiger partial charge in [0.1, 0.15) is 5.76 Å². The first-order valence-electron chi connectivity index (χ1n) is 9.98. The van der Waals surface area contributed by atoms with Crippen LogP contribution in [0.5, 0.6) is 0 Å². The molecule has 32 heavy (non-hydrogen) atoms. The van der Waals surface area contributed by atoms with Crippen LogP contribution in [0.1, 0.15) is 33.5 Å². The maximum absolute atomic E-state index is 12.5. The number of benzene rings is 3. The van der Waals surface area contributed by atoms with E-state index < -0.39 is 22.0 Å². The van der Waals surface area contributed by atoms with Crippen molar-refractivity contribution in [3.05, 3.63) is 114 Å². The van der Waals surface area contributed by atoms with E-state index in [-0.39, 0.29) is 10.7 Å². The lowest BCUT2D eigenvalue weighted by atomic mass is 9.97. The Morgan fingerprint density at radius 3 is 2.06 bits per heavy atom. The van der Waals surface area contributed by atoms with Crippen LogP contribution in [0.2, 0.25) is 0 Å². The molecule has 0 aliphatic heterocycles. The van der Waals surface area contributed by atoms with Gasteiger partial charge in [0, 0.05) is 5.56 Å². The molecule has 4 aromatic rings. The Hall–Kier alpha value is -3.68. The lowest BCUT2D eigenvalue weighted by molar-refractivity contribution is 0.0953. The second kappa shape index (κ2) is 8.82. The van der Waals surface area contributed by atoms with Gasteiger partial charge < -0.3 is 10.2 Å². The van der Waals surface area contributed by atoms with Crippen molar-refractivity contribution in [2.75, 3.05) is 0 Å². The average molecular weight is 447 g/mol. The van der Waals surface area contributed by atoms with Gasteiger partial charge in [-0.15, -0.1) is 0 Å². The first-order valence-corrected chi connectivity index (χ1v) is 11.5. The van der Waals surface area contributed by atoms with Crippen molar-refractivity contribution in [1.82, 2.24) is 4.72 Å². The molecule has 7 heteroatoms. The van der Waals surface area contributed by atoms with Gasteiger partial charge in [0.05, 0.1) is 10.9 Å². The largest absolute Gasteiger partial charge is 0.456 e. The van der Waals surface area contributed by atoms with Crippen LogP contribution < -0.4 is 10.5 Å². The summed E-state index contributed by atoms with van der Waals surface area (Å²) in [7, 11) is -4.01. The number of nitrogens with one attached hydrogen (secondary N) is 1. The summed E-state index contributed by atoms with van der Waals surface area (Å²) in [4.78, 5) is 12.5. The maximum Gasteiger partial charge on any atom is 0.300 e. The van der Waals surface area contributed by atoms with Crippen LogP contribution in [0.25, 0.3) is 11.1 Å². The molecule has 162 valence electrons. The van der Waals surface area contributed by atoms with Gasteiger partial charge >= 0.3 is 5.91 Å². The van der Waals surface area contributed by atoms with E-state index in [1.54, 1.807) is 25.1 Å². The van der Waals surface area contributed by atoms with Gasteiger partial charge in [-0.3, -0.25) is 4.79 Å². The summed E-state index contributed by atoms with van der Waals surface area (Å²) in [5.41, 5.74) is 10.1. The summed E-state index contributed by atoms with van der Waals surface area (Å²) < 4.78 is 32.4. The Bertz CT molecular complexity index is 1330. The Morgan fingerprint density at radius 1 is 0.875 bits per heavy atom. The Kier molecular flexibility index (Phi) is 5.94. The lowest BCUT2D eigenvalue weighted by Gasteiger charge is -2.12. The van der Waals surface area contributed by atoms with Crippen LogP contribution in [0, 0.1) is 6.92 Å². The van der Waals surface area contributed by atoms with Crippen molar-refractivity contribution in [3.8, 4) is 11.1 Å². The predicted octanol–water partition coefficient (Wildman–Crippen LogP) is 4.42. The zero-order valence-electron chi connectivity index (χ0n) is 17.4. The number of rotatable bonds is 6. The number of hydrogen-bond donors (Lipinski definition) is 2. The number of amides is 1. The molecule has 0 radical (unpaired) electrons. The second-order valence-corrected chi connectivity index (χ2v) is 9.02. The van der Waals surface area contributed by atoms with Crippen molar-refractivity contribution in [2.45, 2.75) is 17.9 Å². The Balaban J connectivity index is 1.53. The van der Waals surface area contributed by atoms with Crippen molar-refractivity contribution in [3.63, 3.8) is 0 Å². The number of carbonyl (C=O) groups is 1. The summed E-state index contributed by atoms with van der Waals surface area (Å²) in [6.45, 7) is 1.69. The molecule has 0 aliphatic carbocycles. The summed E-state index contributed by atoms with van der Waals surface area (Å²) in [6, 6.07) is 26.4. The normalized spacial score (nSPS) is 12.3. The van der Waals surface area contributed by atoms with Gasteiger partial charge in [-0.1, -0.05) is 72.8 Å². The minimum absolute atomic E-state index is 0.00735. The second-order valence-electron chi connectivity index (χ2n) is 7.34. The molecule has 1 heterocycles. The first-order chi connectivity index (χ1) is 15.3. The van der Waals surface area contributed by atoms with Gasteiger partial charge in [-0.25, -0.2) is 13.1 Å². The van der Waals surface area contributed by atoms with Crippen molar-refractivity contribution >= 4 is 15.9 Å². The molecule has 0 saturated carbocycles. The zero-order valence-corrected chi connectivity index (χ0v) is 18.2. The molecule has 0 aliphatic rings. The van der Waals surface area contributed by atoms with Gasteiger partial charge in [0.25, 0.3) is 10.0 Å². The van der Waals surface area contributed by atoms with E-state index in [0.29, 0.717) is 11.3 Å². The highest BCUT2D eigenvalue weighted by molar-refractivity contribution is 7.90. The minimum Gasteiger partial charge on any atom is -0.456 e. The van der Waals surface area contributed by atoms with E-state index in [0.717, 1.165) is 16.7 Å². The first kappa shape index (κ1) is 21.5. The van der Waals surface area contributed by atoms with Crippen molar-refractivity contribution in [1.29, 1.82) is 0 Å². The monoisotopic (exact) mass is 446 g/mol. The molecule has 1 amide bonds. The molecule has 1 atom stereocenters. The minimum atomic E-state index is -4.01. The van der Waals surface area contributed by atoms with E-state index in [9.17, 15) is 13.2 Å². The highest BCUT2D eigenvalue weighted by Gasteiger charge is 2.24.